The smallest absolute Gasteiger partial charge is 0.155 e. The number of rotatable bonds is 3. The van der Waals surface area contributed by atoms with Crippen LogP contribution in [0.1, 0.15) is 41.5 Å². The van der Waals surface area contributed by atoms with Crippen molar-refractivity contribution >= 4 is 22.9 Å². The first kappa shape index (κ1) is 21.5. The van der Waals surface area contributed by atoms with Gasteiger partial charge in [-0.3, -0.25) is 9.97 Å². The molecule has 5 heterocycles. The molecule has 3 N–H and O–H groups in total. The lowest BCUT2D eigenvalue weighted by molar-refractivity contribution is 0.187. The van der Waals surface area contributed by atoms with Gasteiger partial charge in [-0.25, -0.2) is 9.50 Å². The Bertz CT molecular complexity index is 1390. The molecule has 1 aliphatic heterocycles. The predicted molar refractivity (Wildman–Crippen MR) is 131 cm³/mol. The lowest BCUT2D eigenvalue weighted by Crippen LogP contribution is -2.44. The molecule has 0 aromatic carbocycles. The van der Waals surface area contributed by atoms with Crippen LogP contribution >= 0.6 is 11.6 Å². The molecule has 174 valence electrons. The van der Waals surface area contributed by atoms with Gasteiger partial charge in [0.1, 0.15) is 5.52 Å². The summed E-state index contributed by atoms with van der Waals surface area (Å²) in [5, 5.41) is 14.6. The minimum atomic E-state index is -0.226. The molecule has 34 heavy (non-hydrogen) atoms. The van der Waals surface area contributed by atoms with E-state index in [1.807, 2.05) is 35.8 Å². The first-order valence-electron chi connectivity index (χ1n) is 11.6. The number of aromatic nitrogens is 5. The molecule has 1 atom stereocenters. The van der Waals surface area contributed by atoms with Gasteiger partial charge in [0.25, 0.3) is 0 Å². The first-order valence-corrected chi connectivity index (χ1v) is 11.9. The number of aliphatic hydroxyl groups is 1. The zero-order valence-electron chi connectivity index (χ0n) is 18.9. The minimum absolute atomic E-state index is 0.0277. The number of fused-ring (bicyclic) bond motifs is 2. The number of anilines is 1. The molecule has 8 nitrogen and oxygen atoms in total. The number of aryl methyl sites for hydroxylation is 1. The summed E-state index contributed by atoms with van der Waals surface area (Å²) < 4.78 is 1.89. The van der Waals surface area contributed by atoms with Gasteiger partial charge in [-0.1, -0.05) is 17.7 Å². The normalized spacial score (nSPS) is 19.2. The van der Waals surface area contributed by atoms with Crippen LogP contribution in [0.2, 0.25) is 5.02 Å². The molecule has 0 radical (unpaired) electrons. The zero-order valence-corrected chi connectivity index (χ0v) is 19.7. The summed E-state index contributed by atoms with van der Waals surface area (Å²) in [6.07, 6.45) is 8.22. The summed E-state index contributed by atoms with van der Waals surface area (Å²) in [6.45, 7) is 3.49. The molecular formula is C25H26ClN7O. The Morgan fingerprint density at radius 3 is 2.74 bits per heavy atom. The third kappa shape index (κ3) is 3.13. The average Bonchev–Trinajstić information content (AvgIpc) is 3.44. The molecule has 2 aliphatic rings. The highest BCUT2D eigenvalue weighted by molar-refractivity contribution is 6.33. The van der Waals surface area contributed by atoms with E-state index in [0.717, 1.165) is 66.3 Å². The van der Waals surface area contributed by atoms with Crippen LogP contribution in [0.5, 0.6) is 0 Å². The molecule has 0 saturated carbocycles. The van der Waals surface area contributed by atoms with Crippen molar-refractivity contribution < 1.29 is 5.11 Å². The number of pyridine rings is 2. The largest absolute Gasteiger partial charge is 0.390 e. The third-order valence-corrected chi connectivity index (χ3v) is 7.99. The van der Waals surface area contributed by atoms with Crippen molar-refractivity contribution in [3.63, 3.8) is 0 Å². The second-order valence-corrected chi connectivity index (χ2v) is 9.70. The lowest BCUT2D eigenvalue weighted by Gasteiger charge is -2.42. The average molecular weight is 476 g/mol. The van der Waals surface area contributed by atoms with Crippen molar-refractivity contribution in [1.82, 2.24) is 24.6 Å². The van der Waals surface area contributed by atoms with Crippen molar-refractivity contribution in [1.29, 1.82) is 0 Å². The van der Waals surface area contributed by atoms with Crippen LogP contribution in [0.3, 0.4) is 0 Å². The van der Waals surface area contributed by atoms with Gasteiger partial charge >= 0.3 is 0 Å². The summed E-state index contributed by atoms with van der Waals surface area (Å²) in [5.41, 5.74) is 12.9. The highest BCUT2D eigenvalue weighted by Crippen LogP contribution is 2.50. The maximum atomic E-state index is 9.61. The highest BCUT2D eigenvalue weighted by Gasteiger charge is 2.46. The van der Waals surface area contributed by atoms with E-state index in [1.54, 1.807) is 12.4 Å². The van der Waals surface area contributed by atoms with Crippen molar-refractivity contribution in [3.05, 3.63) is 70.5 Å². The third-order valence-electron chi connectivity index (χ3n) is 7.56. The maximum Gasteiger partial charge on any atom is 0.155 e. The molecular weight excluding hydrogens is 450 g/mol. The fourth-order valence-electron chi connectivity index (χ4n) is 5.70. The monoisotopic (exact) mass is 475 g/mol. The van der Waals surface area contributed by atoms with Gasteiger partial charge in [0.15, 0.2) is 5.82 Å². The van der Waals surface area contributed by atoms with Crippen LogP contribution in [0, 0.1) is 12.3 Å². The summed E-state index contributed by atoms with van der Waals surface area (Å²) in [5.74, 6) is 0.920. The lowest BCUT2D eigenvalue weighted by atomic mass is 9.73. The number of nitrogens with two attached hydrogens (primary N) is 1. The Balaban J connectivity index is 1.34. The standard InChI is InChI=1S/C25H26ClN7O/c1-15-22(17-4-9-29-19(14-34)21(17)26)33-20(5-10-30-33)24(31-15)32-11-6-25(7-12-32)13-18-16(23(25)27)3-2-8-28-18/h2-5,8-10,23,34H,6-7,11-14,27H2,1H3/t23-/m1/s1. The predicted octanol–water partition coefficient (Wildman–Crippen LogP) is 3.48. The van der Waals surface area contributed by atoms with Crippen LogP contribution < -0.4 is 10.6 Å². The number of halogens is 1. The maximum absolute atomic E-state index is 9.61. The van der Waals surface area contributed by atoms with Gasteiger partial charge in [0.05, 0.1) is 34.9 Å². The van der Waals surface area contributed by atoms with Crippen LogP contribution in [0.15, 0.2) is 42.9 Å². The number of hydrogen-bond acceptors (Lipinski definition) is 7. The van der Waals surface area contributed by atoms with E-state index in [4.69, 9.17) is 22.3 Å². The molecule has 6 rings (SSSR count). The molecule has 1 aliphatic carbocycles. The molecule has 1 fully saturated rings. The number of hydrogen-bond donors (Lipinski definition) is 2. The second kappa shape index (κ2) is 8.01. The molecule has 9 heteroatoms. The number of piperidine rings is 1. The molecule has 0 bridgehead atoms. The fraction of sp³-hybridized carbons (Fsp3) is 0.360. The van der Waals surface area contributed by atoms with E-state index in [0.29, 0.717) is 10.7 Å². The van der Waals surface area contributed by atoms with Crippen LogP contribution in [0.25, 0.3) is 16.8 Å². The summed E-state index contributed by atoms with van der Waals surface area (Å²) in [4.78, 5) is 16.1. The van der Waals surface area contributed by atoms with Gasteiger partial charge in [-0.15, -0.1) is 0 Å². The summed E-state index contributed by atoms with van der Waals surface area (Å²) in [7, 11) is 0. The molecule has 0 amide bonds. The van der Waals surface area contributed by atoms with Crippen molar-refractivity contribution in [2.45, 2.75) is 38.8 Å². The van der Waals surface area contributed by atoms with E-state index < -0.39 is 0 Å². The molecule has 1 spiro atoms. The minimum Gasteiger partial charge on any atom is -0.390 e. The SMILES string of the molecule is Cc1nc(N2CCC3(CC2)Cc2ncccc2[C@H]3N)c2ccnn2c1-c1ccnc(CO)c1Cl. The topological polar surface area (TPSA) is 105 Å². The van der Waals surface area contributed by atoms with Crippen LogP contribution in [-0.4, -0.2) is 42.8 Å². The number of aliphatic hydroxyl groups excluding tert-OH is 1. The van der Waals surface area contributed by atoms with Gasteiger partial charge < -0.3 is 15.7 Å². The van der Waals surface area contributed by atoms with E-state index in [1.165, 1.54) is 5.56 Å². The zero-order chi connectivity index (χ0) is 23.4. The van der Waals surface area contributed by atoms with Gasteiger partial charge in [-0.05, 0) is 55.4 Å². The molecule has 4 aromatic heterocycles. The van der Waals surface area contributed by atoms with Gasteiger partial charge in [0.2, 0.25) is 0 Å². The van der Waals surface area contributed by atoms with Crippen molar-refractivity contribution in [3.8, 4) is 11.3 Å². The van der Waals surface area contributed by atoms with Gasteiger partial charge in [-0.2, -0.15) is 5.10 Å². The molecule has 0 unspecified atom stereocenters. The Hall–Kier alpha value is -3.07. The van der Waals surface area contributed by atoms with Crippen molar-refractivity contribution in [2.24, 2.45) is 11.1 Å². The van der Waals surface area contributed by atoms with Crippen molar-refractivity contribution in [2.75, 3.05) is 18.0 Å². The number of nitrogens with zero attached hydrogens (tertiary/aromatic N) is 6. The Morgan fingerprint density at radius 2 is 1.97 bits per heavy atom. The quantitative estimate of drug-likeness (QED) is 0.467. The Labute approximate surface area is 202 Å². The van der Waals surface area contributed by atoms with Crippen LogP contribution in [0.4, 0.5) is 5.82 Å². The first-order chi connectivity index (χ1) is 16.5. The summed E-state index contributed by atoms with van der Waals surface area (Å²) >= 11 is 6.57. The molecule has 1 saturated heterocycles. The van der Waals surface area contributed by atoms with E-state index in [-0.39, 0.29) is 18.1 Å². The molecule has 4 aromatic rings. The second-order valence-electron chi connectivity index (χ2n) is 9.32. The van der Waals surface area contributed by atoms with E-state index >= 15 is 0 Å². The van der Waals surface area contributed by atoms with Crippen LogP contribution in [-0.2, 0) is 13.0 Å². The van der Waals surface area contributed by atoms with E-state index in [2.05, 4.69) is 26.0 Å². The summed E-state index contributed by atoms with van der Waals surface area (Å²) in [6, 6.07) is 7.96. The van der Waals surface area contributed by atoms with Gasteiger partial charge in [0, 0.05) is 42.8 Å². The Morgan fingerprint density at radius 1 is 1.15 bits per heavy atom. The fourth-order valence-corrected chi connectivity index (χ4v) is 5.96. The van der Waals surface area contributed by atoms with E-state index in [9.17, 15) is 5.11 Å². The Kier molecular flexibility index (Phi) is 5.05. The highest BCUT2D eigenvalue weighted by atomic mass is 35.5.